The first-order chi connectivity index (χ1) is 28.8. The number of aromatic hydroxyl groups is 1. The maximum atomic E-state index is 13.8. The molecule has 0 amide bonds. The van der Waals surface area contributed by atoms with Gasteiger partial charge in [-0.15, -0.1) is 10.2 Å². The van der Waals surface area contributed by atoms with Gasteiger partial charge < -0.3 is 25.5 Å². The fourth-order valence-corrected chi connectivity index (χ4v) is 7.67. The Labute approximate surface area is 430 Å². The Bertz CT molecular complexity index is 3330. The minimum absolute atomic E-state index is 0. The minimum atomic E-state index is -5.01. The van der Waals surface area contributed by atoms with Crippen molar-refractivity contribution in [1.29, 1.82) is 0 Å². The third-order valence-electron chi connectivity index (χ3n) is 9.34. The molecule has 64 heavy (non-hydrogen) atoms. The van der Waals surface area contributed by atoms with E-state index in [1.54, 1.807) is 44.2 Å². The molecule has 23 heteroatoms. The molecule has 7 aromatic rings. The van der Waals surface area contributed by atoms with Crippen LogP contribution >= 0.6 is 0 Å². The summed E-state index contributed by atoms with van der Waals surface area (Å²) >= 11 is 0. The molecule has 4 N–H and O–H groups in total. The van der Waals surface area contributed by atoms with Crippen LogP contribution in [0.15, 0.2) is 144 Å². The summed E-state index contributed by atoms with van der Waals surface area (Å²) in [5.41, 5.74) is 2.05. The number of nitrogens with zero attached hydrogens (tertiary/aromatic N) is 6. The van der Waals surface area contributed by atoms with Crippen LogP contribution in [0.4, 0.5) is 34.1 Å². The molecule has 7 rings (SSSR count). The fourth-order valence-electron chi connectivity index (χ4n) is 6.31. The Kier molecular flexibility index (Phi) is 16.8. The number of azo groups is 3. The standard InChI is InChI=1S/C41H30N6O12S2.3Na/c1-20-14-22(7-11-30(20)44-42-26-10-13-33(48)29(18-26)41(52)53)23-8-12-31(21(2)15-23)45-47-38-36(61(57,58)59)16-24-6-9-25(17-28(24)39(38)50)43-46-32-19-35(60(54,55)56)27-4-3-5-34(49)37(27)40(32)51;;;/h3-19,48-51H,1-2H3,(H,52,53)(H,54,55,56)(H,57,58,59);;;/q;3*+1/p-3. The molecule has 0 heterocycles. The molecule has 0 bridgehead atoms. The number of carbonyl (C=O) groups is 1. The predicted octanol–water partition coefficient (Wildman–Crippen LogP) is -0.347. The molecule has 308 valence electrons. The molecular weight excluding hydrogens is 902 g/mol. The van der Waals surface area contributed by atoms with E-state index in [2.05, 4.69) is 30.7 Å². The predicted molar refractivity (Wildman–Crippen MR) is 215 cm³/mol. The van der Waals surface area contributed by atoms with E-state index in [1.807, 2.05) is 6.07 Å². The zero-order chi connectivity index (χ0) is 44.0. The zero-order valence-electron chi connectivity index (χ0n) is 34.4. The van der Waals surface area contributed by atoms with Crippen LogP contribution in [0, 0.1) is 13.8 Å². The first-order valence-corrected chi connectivity index (χ1v) is 20.4. The van der Waals surface area contributed by atoms with Crippen molar-refractivity contribution in [3.8, 4) is 34.1 Å². The fraction of sp³-hybridized carbons (Fsp3) is 0.0488. The number of carboxylic acid groups (broad SMARTS) is 1. The molecule has 0 aromatic heterocycles. The maximum Gasteiger partial charge on any atom is 1.00 e. The number of carboxylic acids is 1. The van der Waals surface area contributed by atoms with Crippen molar-refractivity contribution in [2.45, 2.75) is 23.6 Å². The van der Waals surface area contributed by atoms with E-state index < -0.39 is 81.3 Å². The Balaban J connectivity index is 0.00000299. The van der Waals surface area contributed by atoms with Gasteiger partial charge in [-0.2, -0.15) is 37.3 Å². The Morgan fingerprint density at radius 2 is 1.11 bits per heavy atom. The molecule has 0 radical (unpaired) electrons. The topological polar surface area (TPSA) is 310 Å². The normalized spacial score (nSPS) is 11.8. The summed E-state index contributed by atoms with van der Waals surface area (Å²) < 4.78 is 69.0. The number of hydrogen-bond donors (Lipinski definition) is 4. The van der Waals surface area contributed by atoms with Crippen molar-refractivity contribution in [3.05, 3.63) is 120 Å². The minimum Gasteiger partial charge on any atom is -0.872 e. The van der Waals surface area contributed by atoms with Gasteiger partial charge in [0.05, 0.1) is 34.0 Å². The molecule has 0 aliphatic carbocycles. The second-order valence-electron chi connectivity index (χ2n) is 13.4. The second kappa shape index (κ2) is 20.7. The van der Waals surface area contributed by atoms with Crippen LogP contribution in [0.25, 0.3) is 32.7 Å². The van der Waals surface area contributed by atoms with Crippen LogP contribution in [-0.2, 0) is 20.2 Å². The van der Waals surface area contributed by atoms with Crippen LogP contribution < -0.4 is 104 Å². The first kappa shape index (κ1) is 52.0. The second-order valence-corrected chi connectivity index (χ2v) is 16.2. The molecule has 0 atom stereocenters. The first-order valence-electron chi connectivity index (χ1n) is 17.5. The summed E-state index contributed by atoms with van der Waals surface area (Å²) in [5, 5.41) is 81.4. The van der Waals surface area contributed by atoms with Crippen LogP contribution in [-0.4, -0.2) is 42.1 Å². The molecule has 0 aliphatic rings. The maximum absolute atomic E-state index is 13.8. The number of benzene rings is 7. The molecule has 7 aromatic carbocycles. The van der Waals surface area contributed by atoms with Gasteiger partial charge in [0, 0.05) is 10.8 Å². The van der Waals surface area contributed by atoms with Gasteiger partial charge >= 0.3 is 94.6 Å². The smallest absolute Gasteiger partial charge is 0.872 e. The van der Waals surface area contributed by atoms with E-state index in [4.69, 9.17) is 0 Å². The zero-order valence-corrected chi connectivity index (χ0v) is 42.0. The number of rotatable bonds is 10. The van der Waals surface area contributed by atoms with Crippen molar-refractivity contribution >= 4 is 81.9 Å². The van der Waals surface area contributed by atoms with E-state index in [-0.39, 0.29) is 122 Å². The monoisotopic (exact) mass is 928 g/mol. The van der Waals surface area contributed by atoms with Crippen LogP contribution in [0.2, 0.25) is 0 Å². The molecule has 0 saturated heterocycles. The number of hydrogen-bond acceptors (Lipinski definition) is 15. The number of phenols is 1. The van der Waals surface area contributed by atoms with Crippen molar-refractivity contribution in [2.24, 2.45) is 30.7 Å². The van der Waals surface area contributed by atoms with Gasteiger partial charge in [-0.3, -0.25) is 9.11 Å². The van der Waals surface area contributed by atoms with Crippen molar-refractivity contribution in [3.63, 3.8) is 0 Å². The third kappa shape index (κ3) is 11.1. The molecular formula is C41H27N6Na3O12S2. The quantitative estimate of drug-likeness (QED) is 0.0778. The number of aromatic carboxylic acids is 1. The van der Waals surface area contributed by atoms with Crippen LogP contribution in [0.5, 0.6) is 23.0 Å². The largest absolute Gasteiger partial charge is 1.00 e. The van der Waals surface area contributed by atoms with Gasteiger partial charge in [0.15, 0.2) is 0 Å². The summed E-state index contributed by atoms with van der Waals surface area (Å²) in [6, 6.07) is 23.1. The van der Waals surface area contributed by atoms with Gasteiger partial charge in [-0.05, 0) is 108 Å². The number of fused-ring (bicyclic) bond motifs is 2. The molecule has 0 fully saturated rings. The van der Waals surface area contributed by atoms with Crippen molar-refractivity contribution < 1.29 is 145 Å². The average molecular weight is 929 g/mol. The van der Waals surface area contributed by atoms with Gasteiger partial charge in [0.2, 0.25) is 0 Å². The Morgan fingerprint density at radius 3 is 1.67 bits per heavy atom. The molecule has 0 saturated carbocycles. The van der Waals surface area contributed by atoms with E-state index in [0.717, 1.165) is 47.0 Å². The Hall–Kier alpha value is -4.65. The van der Waals surface area contributed by atoms with Gasteiger partial charge in [-0.1, -0.05) is 59.7 Å². The molecule has 18 nitrogen and oxygen atoms in total. The van der Waals surface area contributed by atoms with Gasteiger partial charge in [-0.25, -0.2) is 4.79 Å². The summed E-state index contributed by atoms with van der Waals surface area (Å²) in [6.45, 7) is 3.50. The third-order valence-corrected chi connectivity index (χ3v) is 11.1. The number of phenolic OH excluding ortho intramolecular Hbond substituents is 1. The molecule has 0 aliphatic heterocycles. The van der Waals surface area contributed by atoms with Crippen molar-refractivity contribution in [2.75, 3.05) is 0 Å². The summed E-state index contributed by atoms with van der Waals surface area (Å²) in [6.07, 6.45) is 0. The average Bonchev–Trinajstić information content (AvgIpc) is 3.19. The molecule has 0 unspecified atom stereocenters. The van der Waals surface area contributed by atoms with E-state index >= 15 is 0 Å². The summed E-state index contributed by atoms with van der Waals surface area (Å²) in [5.74, 6) is -4.46. The number of aryl methyl sites for hydroxylation is 2. The summed E-state index contributed by atoms with van der Waals surface area (Å²) in [7, 11) is -9.90. The van der Waals surface area contributed by atoms with E-state index in [1.165, 1.54) is 36.4 Å². The SMILES string of the molecule is Cc1cc(-c2ccc(N=Nc3c(S(=O)(=O)O)cc4ccc(N=Nc5cc(S(=O)(=O)O)c6cccc([O-])c6c5O)cc4c3[O-])c(C)c2)ccc1N=Nc1ccc([O-])c(C(=O)O)c1.[Na+].[Na+].[Na+]. The molecule has 0 spiro atoms. The van der Waals surface area contributed by atoms with E-state index in [9.17, 15) is 56.3 Å². The van der Waals surface area contributed by atoms with E-state index in [0.29, 0.717) is 11.3 Å². The summed E-state index contributed by atoms with van der Waals surface area (Å²) in [4.78, 5) is 9.77. The van der Waals surface area contributed by atoms with Crippen molar-refractivity contribution in [1.82, 2.24) is 0 Å². The van der Waals surface area contributed by atoms with Crippen LogP contribution in [0.3, 0.4) is 0 Å². The van der Waals surface area contributed by atoms with Crippen LogP contribution in [0.1, 0.15) is 21.5 Å². The Morgan fingerprint density at radius 1 is 0.562 bits per heavy atom. The van der Waals surface area contributed by atoms with Gasteiger partial charge in [0.1, 0.15) is 21.2 Å². The van der Waals surface area contributed by atoms with Gasteiger partial charge in [0.25, 0.3) is 20.2 Å².